The molecule has 0 aliphatic carbocycles. The van der Waals surface area contributed by atoms with Gasteiger partial charge in [-0.2, -0.15) is 31.6 Å². The van der Waals surface area contributed by atoms with Crippen molar-refractivity contribution >= 4 is 43.6 Å². The second kappa shape index (κ2) is 13.1. The van der Waals surface area contributed by atoms with Crippen LogP contribution in [-0.4, -0.2) is 9.13 Å². The zero-order chi connectivity index (χ0) is 40.8. The smallest absolute Gasteiger partial charge is 0.309 e. The Bertz CT molecular complexity index is 3090. The van der Waals surface area contributed by atoms with E-state index in [1.54, 1.807) is 24.3 Å². The van der Waals surface area contributed by atoms with Crippen LogP contribution in [0.5, 0.6) is 0 Å². The Balaban J connectivity index is 1.44. The van der Waals surface area contributed by atoms with Gasteiger partial charge in [0.2, 0.25) is 0 Å². The van der Waals surface area contributed by atoms with Crippen LogP contribution in [0.15, 0.2) is 127 Å². The molecule has 2 heterocycles. The minimum absolute atomic E-state index is 0.0411. The number of nitrogens with zero attached hydrogens (tertiary/aromatic N) is 3. The summed E-state index contributed by atoms with van der Waals surface area (Å²) in [6, 6.07) is 38.7. The summed E-state index contributed by atoms with van der Waals surface area (Å²) >= 11 is 0. The number of nitriles is 1. The standard InChI is InChI=1S/C49H33F6N3/c1-27-8-15-41-35(20-27)36-21-28(2)9-16-42(36)57(41)45-19-12-31(34-14-13-33(48(50,51)52)25-40(34)49(53,54)55)24-39(45)47-32(26-56)6-5-7-46(47)58-43-17-10-29(3)22-37(43)38-23-30(4)11-18-44(38)58/h5-25H,1-4H3. The predicted octanol–water partition coefficient (Wildman–Crippen LogP) is 14.4. The zero-order valence-corrected chi connectivity index (χ0v) is 31.7. The highest BCUT2D eigenvalue weighted by Gasteiger charge is 2.38. The second-order valence-corrected chi connectivity index (χ2v) is 15.1. The molecule has 3 nitrogen and oxygen atoms in total. The van der Waals surface area contributed by atoms with Crippen molar-refractivity contribution in [3.63, 3.8) is 0 Å². The molecule has 0 spiro atoms. The van der Waals surface area contributed by atoms with Crippen LogP contribution in [0.25, 0.3) is 77.2 Å². The van der Waals surface area contributed by atoms with E-state index < -0.39 is 29.0 Å². The lowest BCUT2D eigenvalue weighted by Gasteiger charge is -2.22. The molecule has 0 atom stereocenters. The SMILES string of the molecule is Cc1ccc2c(c1)c1cc(C)ccc1n2-c1ccc(-c2ccc(C(F)(F)F)cc2C(F)(F)F)cc1-c1c(C#N)cccc1-n1c2ccc(C)cc2c2cc(C)ccc21. The number of fused-ring (bicyclic) bond motifs is 6. The van der Waals surface area contributed by atoms with Crippen LogP contribution in [-0.2, 0) is 12.4 Å². The summed E-state index contributed by atoms with van der Waals surface area (Å²) in [5.74, 6) is 0. The quantitative estimate of drug-likeness (QED) is 0.164. The van der Waals surface area contributed by atoms with Gasteiger partial charge in [0.25, 0.3) is 0 Å². The van der Waals surface area contributed by atoms with Crippen molar-refractivity contribution in [2.45, 2.75) is 40.0 Å². The Labute approximate surface area is 329 Å². The van der Waals surface area contributed by atoms with Crippen LogP contribution in [0, 0.1) is 39.0 Å². The zero-order valence-electron chi connectivity index (χ0n) is 31.7. The fourth-order valence-electron chi connectivity index (χ4n) is 8.43. The monoisotopic (exact) mass is 777 g/mol. The first-order valence-corrected chi connectivity index (χ1v) is 18.6. The Morgan fingerprint density at radius 2 is 0.948 bits per heavy atom. The highest BCUT2D eigenvalue weighted by molar-refractivity contribution is 6.12. The van der Waals surface area contributed by atoms with Crippen LogP contribution < -0.4 is 0 Å². The number of rotatable bonds is 4. The maximum atomic E-state index is 14.7. The molecule has 0 unspecified atom stereocenters. The van der Waals surface area contributed by atoms with Crippen LogP contribution in [0.4, 0.5) is 26.3 Å². The normalized spacial score (nSPS) is 12.3. The van der Waals surface area contributed by atoms with Crippen molar-refractivity contribution in [1.82, 2.24) is 9.13 Å². The van der Waals surface area contributed by atoms with E-state index in [1.807, 2.05) is 82.3 Å². The van der Waals surface area contributed by atoms with Crippen molar-refractivity contribution in [2.75, 3.05) is 0 Å². The average Bonchev–Trinajstić information content (AvgIpc) is 3.67. The van der Waals surface area contributed by atoms with Gasteiger partial charge in [0.05, 0.1) is 56.2 Å². The molecule has 0 bridgehead atoms. The molecule has 0 saturated carbocycles. The third-order valence-electron chi connectivity index (χ3n) is 11.0. The number of alkyl halides is 6. The van der Waals surface area contributed by atoms with E-state index in [0.29, 0.717) is 28.6 Å². The molecule has 9 heteroatoms. The van der Waals surface area contributed by atoms with Gasteiger partial charge in [-0.3, -0.25) is 0 Å². The van der Waals surface area contributed by atoms with Gasteiger partial charge in [0.1, 0.15) is 0 Å². The number of halogens is 6. The summed E-state index contributed by atoms with van der Waals surface area (Å²) in [5, 5.41) is 14.8. The molecule has 0 amide bonds. The Morgan fingerprint density at radius 1 is 0.466 bits per heavy atom. The fourth-order valence-corrected chi connectivity index (χ4v) is 8.43. The molecule has 0 saturated heterocycles. The molecule has 0 aliphatic heterocycles. The van der Waals surface area contributed by atoms with E-state index in [4.69, 9.17) is 0 Å². The number of hydrogen-bond acceptors (Lipinski definition) is 1. The number of hydrogen-bond donors (Lipinski definition) is 0. The topological polar surface area (TPSA) is 33.6 Å². The molecule has 0 radical (unpaired) electrons. The van der Waals surface area contributed by atoms with Crippen LogP contribution in [0.2, 0.25) is 0 Å². The first kappa shape index (κ1) is 36.8. The first-order valence-electron chi connectivity index (χ1n) is 18.6. The van der Waals surface area contributed by atoms with Gasteiger partial charge in [0.15, 0.2) is 0 Å². The molecular weight excluding hydrogens is 745 g/mol. The van der Waals surface area contributed by atoms with Gasteiger partial charge in [-0.05, 0) is 124 Å². The summed E-state index contributed by atoms with van der Waals surface area (Å²) in [6.45, 7) is 8.04. The third kappa shape index (κ3) is 5.90. The van der Waals surface area contributed by atoms with Crippen LogP contribution in [0.3, 0.4) is 0 Å². The highest BCUT2D eigenvalue weighted by atomic mass is 19.4. The molecule has 9 rings (SSSR count). The molecule has 0 aliphatic rings. The molecule has 0 N–H and O–H groups in total. The summed E-state index contributed by atoms with van der Waals surface area (Å²) in [4.78, 5) is 0. The lowest BCUT2D eigenvalue weighted by molar-refractivity contribution is -0.142. The number of aryl methyl sites for hydroxylation is 4. The lowest BCUT2D eigenvalue weighted by atomic mass is 9.90. The molecular formula is C49H33F6N3. The fraction of sp³-hybridized carbons (Fsp3) is 0.122. The minimum Gasteiger partial charge on any atom is -0.309 e. The molecule has 286 valence electrons. The summed E-state index contributed by atoms with van der Waals surface area (Å²) in [7, 11) is 0. The van der Waals surface area contributed by atoms with Gasteiger partial charge < -0.3 is 9.13 Å². The van der Waals surface area contributed by atoms with Crippen LogP contribution in [0.1, 0.15) is 38.9 Å². The van der Waals surface area contributed by atoms with Gasteiger partial charge in [0, 0.05) is 32.7 Å². The molecule has 9 aromatic rings. The first-order chi connectivity index (χ1) is 27.6. The van der Waals surface area contributed by atoms with Crippen molar-refractivity contribution in [3.8, 4) is 39.7 Å². The van der Waals surface area contributed by atoms with Crippen molar-refractivity contribution < 1.29 is 26.3 Å². The maximum absolute atomic E-state index is 14.7. The summed E-state index contributed by atoms with van der Waals surface area (Å²) in [6.07, 6.45) is -10.1. The Kier molecular flexibility index (Phi) is 8.34. The van der Waals surface area contributed by atoms with E-state index in [2.05, 4.69) is 39.5 Å². The minimum atomic E-state index is -5.10. The number of benzene rings is 7. The molecule has 2 aromatic heterocycles. The maximum Gasteiger partial charge on any atom is 0.417 e. The van der Waals surface area contributed by atoms with Crippen molar-refractivity contribution in [1.29, 1.82) is 5.26 Å². The van der Waals surface area contributed by atoms with Crippen molar-refractivity contribution in [3.05, 3.63) is 166 Å². The van der Waals surface area contributed by atoms with E-state index in [-0.39, 0.29) is 17.2 Å². The average molecular weight is 778 g/mol. The molecule has 58 heavy (non-hydrogen) atoms. The van der Waals surface area contributed by atoms with E-state index in [1.165, 1.54) is 6.07 Å². The van der Waals surface area contributed by atoms with E-state index >= 15 is 0 Å². The van der Waals surface area contributed by atoms with Gasteiger partial charge >= 0.3 is 12.4 Å². The summed E-state index contributed by atoms with van der Waals surface area (Å²) < 4.78 is 89.8. The van der Waals surface area contributed by atoms with Gasteiger partial charge in [-0.25, -0.2) is 0 Å². The molecule has 0 fully saturated rings. The third-order valence-corrected chi connectivity index (χ3v) is 11.0. The van der Waals surface area contributed by atoms with E-state index in [0.717, 1.165) is 71.9 Å². The van der Waals surface area contributed by atoms with Crippen LogP contribution >= 0.6 is 0 Å². The lowest BCUT2D eigenvalue weighted by Crippen LogP contribution is -2.12. The molecule has 7 aromatic carbocycles. The summed E-state index contributed by atoms with van der Waals surface area (Å²) in [5.41, 5.74) is 6.75. The Hall–Kier alpha value is -6.79. The van der Waals surface area contributed by atoms with Gasteiger partial charge in [-0.1, -0.05) is 64.7 Å². The Morgan fingerprint density at radius 3 is 1.40 bits per heavy atom. The largest absolute Gasteiger partial charge is 0.417 e. The predicted molar refractivity (Wildman–Crippen MR) is 220 cm³/mol. The second-order valence-electron chi connectivity index (χ2n) is 15.1. The highest BCUT2D eigenvalue weighted by Crippen LogP contribution is 2.46. The van der Waals surface area contributed by atoms with E-state index in [9.17, 15) is 31.6 Å². The van der Waals surface area contributed by atoms with Crippen molar-refractivity contribution in [2.24, 2.45) is 0 Å². The van der Waals surface area contributed by atoms with Gasteiger partial charge in [-0.15, -0.1) is 0 Å². The number of aromatic nitrogens is 2.